The predicted molar refractivity (Wildman–Crippen MR) is 112 cm³/mol. The number of halogens is 2. The maximum Gasteiger partial charge on any atom is 2.00 e. The molecular weight excluding hydrogens is 478 g/mol. The van der Waals surface area contributed by atoms with Crippen LogP contribution in [-0.2, 0) is 26.2 Å². The molecule has 0 heterocycles. The molecule has 1 unspecified atom stereocenters. The van der Waals surface area contributed by atoms with Crippen molar-refractivity contribution in [3.63, 3.8) is 0 Å². The summed E-state index contributed by atoms with van der Waals surface area (Å²) in [4.78, 5) is 0. The summed E-state index contributed by atoms with van der Waals surface area (Å²) in [5.74, 6) is 0. The fourth-order valence-corrected chi connectivity index (χ4v) is 8.32. The summed E-state index contributed by atoms with van der Waals surface area (Å²) < 4.78 is 0. The Kier molecular flexibility index (Phi) is 8.40. The molecule has 0 N–H and O–H groups in total. The zero-order valence-electron chi connectivity index (χ0n) is 17.3. The molecule has 0 nitrogen and oxygen atoms in total. The molecule has 0 radical (unpaired) electrons. The topological polar surface area (TPSA) is 0 Å². The van der Waals surface area contributed by atoms with Crippen molar-refractivity contribution in [1.29, 1.82) is 0 Å². The maximum atomic E-state index is 2.58. The largest absolute Gasteiger partial charge is 2.00 e. The van der Waals surface area contributed by atoms with Crippen LogP contribution in [0.25, 0.3) is 11.1 Å². The van der Waals surface area contributed by atoms with E-state index in [1.54, 1.807) is 11.1 Å². The minimum Gasteiger partial charge on any atom is -1.00 e. The van der Waals surface area contributed by atoms with E-state index in [1.165, 1.54) is 16.7 Å². The number of rotatable bonds is 2. The predicted octanol–water partition coefficient (Wildman–Crippen LogP) is 0.965. The van der Waals surface area contributed by atoms with Gasteiger partial charge in [0.25, 0.3) is 0 Å². The van der Waals surface area contributed by atoms with Gasteiger partial charge in [-0.15, -0.1) is 0 Å². The monoisotopic (exact) mass is 504 g/mol. The van der Waals surface area contributed by atoms with Crippen LogP contribution in [0.5, 0.6) is 0 Å². The van der Waals surface area contributed by atoms with Crippen molar-refractivity contribution in [3.05, 3.63) is 83.5 Å². The molecule has 28 heavy (non-hydrogen) atoms. The Morgan fingerprint density at radius 3 is 1.68 bits per heavy atom. The fraction of sp³-hybridized carbons (Fsp3) is 0.333. The number of allylic oxidation sites excluding steroid dienone is 4. The third kappa shape index (κ3) is 4.22. The number of fused-ring (bicyclic) bond motifs is 3. The minimum absolute atomic E-state index is 0. The maximum absolute atomic E-state index is 2.58. The van der Waals surface area contributed by atoms with E-state index in [4.69, 9.17) is 0 Å². The number of benzene rings is 2. The van der Waals surface area contributed by atoms with Gasteiger partial charge in [0.15, 0.2) is 0 Å². The smallest absolute Gasteiger partial charge is 1.00 e. The quantitative estimate of drug-likeness (QED) is 0.533. The van der Waals surface area contributed by atoms with Crippen LogP contribution in [0.3, 0.4) is 0 Å². The van der Waals surface area contributed by atoms with Gasteiger partial charge in [0.2, 0.25) is 0 Å². The van der Waals surface area contributed by atoms with E-state index in [2.05, 4.69) is 101 Å². The standard InChI is InChI=1S/C24H28Si.2ClH.Zr/c1-24(2,3)17-14-15-18(16-17)25(4,5)23-21-12-8-6-10-19(21)20-11-7-9-13-22(20)23;;;/h6-16,18,23H,1-5H3;2*1H;/q;;;+2/p-2. The molecule has 1 atom stereocenters. The van der Waals surface area contributed by atoms with Crippen molar-refractivity contribution in [2.24, 2.45) is 5.41 Å². The number of hydrogen-bond donors (Lipinski definition) is 0. The Hall–Kier alpha value is -0.400. The van der Waals surface area contributed by atoms with E-state index in [0.29, 0.717) is 11.1 Å². The number of hydrogen-bond acceptors (Lipinski definition) is 0. The first kappa shape index (κ1) is 25.6. The molecule has 0 saturated carbocycles. The van der Waals surface area contributed by atoms with Crippen LogP contribution < -0.4 is 24.8 Å². The summed E-state index contributed by atoms with van der Waals surface area (Å²) in [7, 11) is -1.62. The first-order valence-electron chi connectivity index (χ1n) is 9.39. The Morgan fingerprint density at radius 2 is 1.25 bits per heavy atom. The van der Waals surface area contributed by atoms with E-state index in [0.717, 1.165) is 0 Å². The molecule has 2 aliphatic rings. The second-order valence-electron chi connectivity index (χ2n) is 9.19. The molecule has 0 fully saturated rings. The summed E-state index contributed by atoms with van der Waals surface area (Å²) >= 11 is 0. The molecule has 0 bridgehead atoms. The second-order valence-corrected chi connectivity index (χ2v) is 14.1. The van der Waals surface area contributed by atoms with E-state index in [1.807, 2.05) is 0 Å². The molecule has 0 aliphatic heterocycles. The van der Waals surface area contributed by atoms with E-state index >= 15 is 0 Å². The van der Waals surface area contributed by atoms with Gasteiger partial charge in [0.05, 0.1) is 8.07 Å². The van der Waals surface area contributed by atoms with Gasteiger partial charge < -0.3 is 24.8 Å². The summed E-state index contributed by atoms with van der Waals surface area (Å²) in [6.45, 7) is 12.1. The van der Waals surface area contributed by atoms with Crippen molar-refractivity contribution in [2.45, 2.75) is 44.9 Å². The third-order valence-electron chi connectivity index (χ3n) is 6.15. The average Bonchev–Trinajstić information content (AvgIpc) is 3.18. The minimum atomic E-state index is -1.62. The normalized spacial score (nSPS) is 17.6. The summed E-state index contributed by atoms with van der Waals surface area (Å²) in [5, 5.41) is 0. The van der Waals surface area contributed by atoms with Gasteiger partial charge in [-0.1, -0.05) is 101 Å². The van der Waals surface area contributed by atoms with Gasteiger partial charge >= 0.3 is 26.2 Å². The first-order valence-corrected chi connectivity index (χ1v) is 12.5. The second kappa shape index (κ2) is 9.17. The molecule has 0 spiro atoms. The first-order chi connectivity index (χ1) is 11.8. The van der Waals surface area contributed by atoms with Crippen molar-refractivity contribution in [2.75, 3.05) is 0 Å². The van der Waals surface area contributed by atoms with Crippen molar-refractivity contribution in [3.8, 4) is 11.1 Å². The fourth-order valence-electron chi connectivity index (χ4n) is 4.62. The molecule has 146 valence electrons. The molecular formula is C24H28Cl2SiZr. The van der Waals surface area contributed by atoms with Crippen LogP contribution in [0.4, 0.5) is 0 Å². The summed E-state index contributed by atoms with van der Waals surface area (Å²) in [6.07, 6.45) is 7.43. The van der Waals surface area contributed by atoms with Gasteiger partial charge in [0.1, 0.15) is 0 Å². The van der Waals surface area contributed by atoms with Crippen LogP contribution in [0.2, 0.25) is 18.6 Å². The average molecular weight is 507 g/mol. The molecule has 0 saturated heterocycles. The zero-order chi connectivity index (χ0) is 17.8. The molecule has 4 rings (SSSR count). The van der Waals surface area contributed by atoms with Crippen LogP contribution in [0.1, 0.15) is 37.4 Å². The molecule has 2 aromatic rings. The van der Waals surface area contributed by atoms with Crippen molar-refractivity contribution >= 4 is 8.07 Å². The van der Waals surface area contributed by atoms with Gasteiger partial charge in [-0.25, -0.2) is 0 Å². The Morgan fingerprint density at radius 1 is 0.786 bits per heavy atom. The Balaban J connectivity index is 0.00000131. The van der Waals surface area contributed by atoms with Crippen LogP contribution >= 0.6 is 0 Å². The van der Waals surface area contributed by atoms with Crippen LogP contribution in [0.15, 0.2) is 72.3 Å². The van der Waals surface area contributed by atoms with E-state index in [9.17, 15) is 0 Å². The Bertz CT molecular complexity index is 848. The molecule has 0 amide bonds. The molecule has 2 aromatic carbocycles. The molecule has 2 aliphatic carbocycles. The Labute approximate surface area is 202 Å². The third-order valence-corrected chi connectivity index (χ3v) is 10.3. The molecule has 4 heteroatoms. The summed E-state index contributed by atoms with van der Waals surface area (Å²) in [5.41, 5.74) is 8.91. The molecule has 0 aromatic heterocycles. The summed E-state index contributed by atoms with van der Waals surface area (Å²) in [6, 6.07) is 18.1. The van der Waals surface area contributed by atoms with Gasteiger partial charge in [-0.05, 0) is 38.8 Å². The van der Waals surface area contributed by atoms with Gasteiger partial charge in [-0.2, -0.15) is 0 Å². The van der Waals surface area contributed by atoms with Crippen molar-refractivity contribution in [1.82, 2.24) is 0 Å². The van der Waals surface area contributed by atoms with Crippen LogP contribution in [-0.4, -0.2) is 8.07 Å². The van der Waals surface area contributed by atoms with E-state index < -0.39 is 8.07 Å². The van der Waals surface area contributed by atoms with Crippen molar-refractivity contribution < 1.29 is 51.0 Å². The zero-order valence-corrected chi connectivity index (χ0v) is 22.2. The van der Waals surface area contributed by atoms with Gasteiger partial charge in [-0.3, -0.25) is 0 Å². The van der Waals surface area contributed by atoms with Crippen LogP contribution in [0, 0.1) is 5.41 Å². The van der Waals surface area contributed by atoms with E-state index in [-0.39, 0.29) is 56.4 Å². The van der Waals surface area contributed by atoms with Gasteiger partial charge in [0, 0.05) is 5.54 Å². The SMILES string of the molecule is CC(C)(C)C1=CC([Si](C)(C)C2c3ccccc3-c3ccccc32)C=C1.[Cl-].[Cl-].[Zr+2].